The molecule has 6 rings (SSSR count). The summed E-state index contributed by atoms with van der Waals surface area (Å²) in [6.45, 7) is 4.70. The molecule has 4 aliphatic rings. The fourth-order valence-corrected chi connectivity index (χ4v) is 7.43. The molecular formula is C32H35ClFN3O4. The van der Waals surface area contributed by atoms with Crippen LogP contribution in [-0.4, -0.2) is 53.0 Å². The van der Waals surface area contributed by atoms with Crippen molar-refractivity contribution in [1.29, 1.82) is 0 Å². The second-order valence-corrected chi connectivity index (χ2v) is 12.4. The highest BCUT2D eigenvalue weighted by Crippen LogP contribution is 2.55. The number of ether oxygens (including phenoxy) is 1. The van der Waals surface area contributed by atoms with Crippen LogP contribution in [0.25, 0.3) is 0 Å². The summed E-state index contributed by atoms with van der Waals surface area (Å²) < 4.78 is 20.1. The van der Waals surface area contributed by atoms with Gasteiger partial charge >= 0.3 is 0 Å². The number of carbonyl (C=O) groups is 3. The number of halogens is 2. The van der Waals surface area contributed by atoms with Gasteiger partial charge in [-0.05, 0) is 48.4 Å². The molecule has 0 aromatic heterocycles. The lowest BCUT2D eigenvalue weighted by Gasteiger charge is -2.38. The average Bonchev–Trinajstić information content (AvgIpc) is 3.60. The summed E-state index contributed by atoms with van der Waals surface area (Å²) in [5.41, 5.74) is 0.129. The highest BCUT2D eigenvalue weighted by atomic mass is 35.5. The largest absolute Gasteiger partial charge is 0.359 e. The predicted octanol–water partition coefficient (Wildman–Crippen LogP) is 4.75. The molecule has 7 nitrogen and oxygen atoms in total. The Hall–Kier alpha value is -3.23. The summed E-state index contributed by atoms with van der Waals surface area (Å²) in [6.07, 6.45) is 6.58. The Bertz CT molecular complexity index is 1390. The second-order valence-electron chi connectivity index (χ2n) is 12.0. The normalized spacial score (nSPS) is 33.6. The summed E-state index contributed by atoms with van der Waals surface area (Å²) in [5, 5.41) is 5.95. The maximum Gasteiger partial charge on any atom is 0.246 e. The second kappa shape index (κ2) is 10.9. The van der Waals surface area contributed by atoms with E-state index < -0.39 is 41.3 Å². The van der Waals surface area contributed by atoms with Crippen LogP contribution >= 0.6 is 11.6 Å². The van der Waals surface area contributed by atoms with Crippen LogP contribution in [0.15, 0.2) is 60.7 Å². The van der Waals surface area contributed by atoms with Crippen LogP contribution in [0.2, 0.25) is 5.02 Å². The zero-order valence-corrected chi connectivity index (χ0v) is 23.9. The van der Waals surface area contributed by atoms with E-state index in [-0.39, 0.29) is 22.9 Å². The van der Waals surface area contributed by atoms with Crippen molar-refractivity contribution in [2.24, 2.45) is 23.7 Å². The van der Waals surface area contributed by atoms with Crippen molar-refractivity contribution in [2.45, 2.75) is 63.3 Å². The summed E-state index contributed by atoms with van der Waals surface area (Å²) in [5.74, 6) is -2.43. The molecule has 2 N–H and O–H groups in total. The van der Waals surface area contributed by atoms with Gasteiger partial charge in [-0.15, -0.1) is 0 Å². The zero-order valence-electron chi connectivity index (χ0n) is 23.2. The van der Waals surface area contributed by atoms with E-state index in [2.05, 4.69) is 24.5 Å². The van der Waals surface area contributed by atoms with Crippen molar-refractivity contribution in [2.75, 3.05) is 11.9 Å². The minimum absolute atomic E-state index is 0.0117. The maximum atomic E-state index is 14.2. The Morgan fingerprint density at radius 3 is 2.66 bits per heavy atom. The van der Waals surface area contributed by atoms with Crippen molar-refractivity contribution in [3.05, 3.63) is 77.1 Å². The first-order valence-corrected chi connectivity index (χ1v) is 14.9. The number of nitrogens with one attached hydrogen (secondary N) is 2. The molecule has 2 bridgehead atoms. The molecular weight excluding hydrogens is 545 g/mol. The molecule has 0 unspecified atom stereocenters. The topological polar surface area (TPSA) is 87.7 Å². The van der Waals surface area contributed by atoms with Crippen LogP contribution < -0.4 is 10.6 Å². The van der Waals surface area contributed by atoms with Gasteiger partial charge in [0, 0.05) is 18.3 Å². The third-order valence-electron chi connectivity index (χ3n) is 9.63. The zero-order chi connectivity index (χ0) is 28.9. The number of carbonyl (C=O) groups excluding carboxylic acids is 3. The van der Waals surface area contributed by atoms with Gasteiger partial charge in [-0.1, -0.05) is 80.8 Å². The van der Waals surface area contributed by atoms with Crippen LogP contribution in [0.1, 0.15) is 38.7 Å². The number of hydrogen-bond donors (Lipinski definition) is 2. The number of benzene rings is 2. The Balaban J connectivity index is 1.30. The molecule has 8 atom stereocenters. The Kier molecular flexibility index (Phi) is 7.41. The van der Waals surface area contributed by atoms with Gasteiger partial charge in [-0.25, -0.2) is 4.39 Å². The SMILES string of the molecule is C[C@H]1[C@H](C)CCC[C@@H]1NC(=O)[C@@H]1N(CCc2ccccc2)C(=O)[C@@H]2[C@H](C(=O)Nc3ccc(F)c(Cl)c3)[C@@H]3C=C[C@]21O3. The summed E-state index contributed by atoms with van der Waals surface area (Å²) in [4.78, 5) is 43.5. The van der Waals surface area contributed by atoms with Crippen molar-refractivity contribution in [3.8, 4) is 0 Å². The first kappa shape index (κ1) is 27.9. The molecule has 216 valence electrons. The lowest BCUT2D eigenvalue weighted by Crippen LogP contribution is -2.58. The summed E-state index contributed by atoms with van der Waals surface area (Å²) in [6, 6.07) is 12.9. The maximum absolute atomic E-state index is 14.2. The van der Waals surface area contributed by atoms with E-state index in [9.17, 15) is 18.8 Å². The van der Waals surface area contributed by atoms with Crippen molar-refractivity contribution < 1.29 is 23.5 Å². The Labute approximate surface area is 244 Å². The van der Waals surface area contributed by atoms with E-state index in [1.54, 1.807) is 11.0 Å². The van der Waals surface area contributed by atoms with Gasteiger partial charge in [0.1, 0.15) is 17.5 Å². The van der Waals surface area contributed by atoms with Crippen LogP contribution in [0.5, 0.6) is 0 Å². The third-order valence-corrected chi connectivity index (χ3v) is 9.92. The quantitative estimate of drug-likeness (QED) is 0.463. The summed E-state index contributed by atoms with van der Waals surface area (Å²) in [7, 11) is 0. The van der Waals surface area contributed by atoms with Crippen molar-refractivity contribution >= 4 is 35.0 Å². The molecule has 9 heteroatoms. The number of likely N-dealkylation sites (tertiary alicyclic amines) is 1. The molecule has 2 aromatic carbocycles. The number of amides is 3. The predicted molar refractivity (Wildman–Crippen MR) is 154 cm³/mol. The van der Waals surface area contributed by atoms with Crippen LogP contribution in [0, 0.1) is 29.5 Å². The Morgan fingerprint density at radius 2 is 1.90 bits per heavy atom. The third kappa shape index (κ3) is 4.85. The standard InChI is InChI=1S/C32H35ClFN3O4/c1-18-7-6-10-24(19(18)2)36-30(39)28-32-15-13-25(41-32)26(29(38)35-21-11-12-23(34)22(33)17-21)27(32)31(40)37(28)16-14-20-8-4-3-5-9-20/h3-5,8-9,11-13,15,17-19,24-28H,6-7,10,14,16H2,1-2H3,(H,35,38)(H,36,39)/t18-,19+,24+,25+,26-,27+,28+,32+/m1/s1. The van der Waals surface area contributed by atoms with Gasteiger partial charge in [-0.2, -0.15) is 0 Å². The number of anilines is 1. The monoisotopic (exact) mass is 579 g/mol. The minimum atomic E-state index is -1.24. The van der Waals surface area contributed by atoms with E-state index in [0.717, 1.165) is 24.8 Å². The summed E-state index contributed by atoms with van der Waals surface area (Å²) >= 11 is 5.92. The number of rotatable bonds is 7. The molecule has 3 fully saturated rings. The average molecular weight is 580 g/mol. The smallest absolute Gasteiger partial charge is 0.246 e. The van der Waals surface area contributed by atoms with Gasteiger partial charge in [0.05, 0.1) is 23.0 Å². The van der Waals surface area contributed by atoms with E-state index in [0.29, 0.717) is 30.5 Å². The van der Waals surface area contributed by atoms with E-state index in [4.69, 9.17) is 16.3 Å². The first-order valence-electron chi connectivity index (χ1n) is 14.5. The lowest BCUT2D eigenvalue weighted by atomic mass is 9.73. The van der Waals surface area contributed by atoms with E-state index >= 15 is 0 Å². The molecule has 1 saturated carbocycles. The highest BCUT2D eigenvalue weighted by Gasteiger charge is 2.72. The van der Waals surface area contributed by atoms with Gasteiger partial charge in [-0.3, -0.25) is 14.4 Å². The van der Waals surface area contributed by atoms with Crippen LogP contribution in [0.4, 0.5) is 10.1 Å². The molecule has 41 heavy (non-hydrogen) atoms. The first-order chi connectivity index (χ1) is 19.7. The van der Waals surface area contributed by atoms with Gasteiger partial charge < -0.3 is 20.3 Å². The van der Waals surface area contributed by atoms with Crippen molar-refractivity contribution in [1.82, 2.24) is 10.2 Å². The van der Waals surface area contributed by atoms with Gasteiger partial charge in [0.2, 0.25) is 17.7 Å². The molecule has 1 aliphatic carbocycles. The van der Waals surface area contributed by atoms with E-state index in [1.165, 1.54) is 18.2 Å². The number of hydrogen-bond acceptors (Lipinski definition) is 4. The van der Waals surface area contributed by atoms with E-state index in [1.807, 2.05) is 36.4 Å². The van der Waals surface area contributed by atoms with Gasteiger partial charge in [0.25, 0.3) is 0 Å². The molecule has 1 spiro atoms. The molecule has 3 heterocycles. The van der Waals surface area contributed by atoms with Crippen molar-refractivity contribution in [3.63, 3.8) is 0 Å². The fraction of sp³-hybridized carbons (Fsp3) is 0.469. The minimum Gasteiger partial charge on any atom is -0.359 e. The molecule has 2 aromatic rings. The fourth-order valence-electron chi connectivity index (χ4n) is 7.25. The van der Waals surface area contributed by atoms with Crippen LogP contribution in [-0.2, 0) is 25.5 Å². The molecule has 3 aliphatic heterocycles. The Morgan fingerprint density at radius 1 is 1.12 bits per heavy atom. The molecule has 2 saturated heterocycles. The number of nitrogens with zero attached hydrogens (tertiary/aromatic N) is 1. The number of fused-ring (bicyclic) bond motifs is 1. The molecule has 3 amide bonds. The van der Waals surface area contributed by atoms with Crippen LogP contribution in [0.3, 0.4) is 0 Å². The van der Waals surface area contributed by atoms with Gasteiger partial charge in [0.15, 0.2) is 0 Å². The lowest BCUT2D eigenvalue weighted by molar-refractivity contribution is -0.141. The molecule has 0 radical (unpaired) electrons. The highest BCUT2D eigenvalue weighted by molar-refractivity contribution is 6.31.